The van der Waals surface area contributed by atoms with Crippen molar-refractivity contribution < 1.29 is 14.6 Å². The molecule has 1 aliphatic rings. The predicted octanol–water partition coefficient (Wildman–Crippen LogP) is 2.69. The first-order valence-electron chi connectivity index (χ1n) is 6.16. The summed E-state index contributed by atoms with van der Waals surface area (Å²) in [6.07, 6.45) is 2.84. The number of hydrogen-bond donors (Lipinski definition) is 1. The molecule has 1 aliphatic carbocycles. The predicted molar refractivity (Wildman–Crippen MR) is 66.1 cm³/mol. The van der Waals surface area contributed by atoms with E-state index < -0.39 is 6.10 Å². The van der Waals surface area contributed by atoms with Gasteiger partial charge in [-0.25, -0.2) is 0 Å². The van der Waals surface area contributed by atoms with Crippen LogP contribution in [0.2, 0.25) is 0 Å². The number of aliphatic hydroxyl groups excluding tert-OH is 1. The molecule has 3 nitrogen and oxygen atoms in total. The van der Waals surface area contributed by atoms with Gasteiger partial charge < -0.3 is 14.6 Å². The zero-order valence-corrected chi connectivity index (χ0v) is 10.4. The molecule has 0 aromatic heterocycles. The Kier molecular flexibility index (Phi) is 4.02. The SMILES string of the molecule is COC(C)CC(O)c1cccc(OC2CC2)c1. The van der Waals surface area contributed by atoms with E-state index in [1.54, 1.807) is 7.11 Å². The summed E-state index contributed by atoms with van der Waals surface area (Å²) in [7, 11) is 1.66. The van der Waals surface area contributed by atoms with Crippen LogP contribution < -0.4 is 4.74 Å². The van der Waals surface area contributed by atoms with Crippen molar-refractivity contribution in [3.05, 3.63) is 29.8 Å². The topological polar surface area (TPSA) is 38.7 Å². The second-order valence-corrected chi connectivity index (χ2v) is 4.69. The highest BCUT2D eigenvalue weighted by molar-refractivity contribution is 5.30. The monoisotopic (exact) mass is 236 g/mol. The molecule has 0 bridgehead atoms. The maximum Gasteiger partial charge on any atom is 0.120 e. The molecule has 1 saturated carbocycles. The molecule has 1 fully saturated rings. The molecule has 0 spiro atoms. The van der Waals surface area contributed by atoms with Crippen molar-refractivity contribution in [1.82, 2.24) is 0 Å². The molecule has 2 unspecified atom stereocenters. The maximum atomic E-state index is 10.1. The molecule has 1 aromatic carbocycles. The summed E-state index contributed by atoms with van der Waals surface area (Å²) in [6.45, 7) is 1.95. The molecule has 1 aromatic rings. The summed E-state index contributed by atoms with van der Waals surface area (Å²) in [5.41, 5.74) is 0.895. The van der Waals surface area contributed by atoms with Crippen LogP contribution in [0.15, 0.2) is 24.3 Å². The maximum absolute atomic E-state index is 10.1. The molecule has 17 heavy (non-hydrogen) atoms. The molecule has 0 saturated heterocycles. The largest absolute Gasteiger partial charge is 0.490 e. The van der Waals surface area contributed by atoms with E-state index in [4.69, 9.17) is 9.47 Å². The Hall–Kier alpha value is -1.06. The molecule has 3 heteroatoms. The van der Waals surface area contributed by atoms with Crippen LogP contribution >= 0.6 is 0 Å². The van der Waals surface area contributed by atoms with Crippen molar-refractivity contribution in [1.29, 1.82) is 0 Å². The van der Waals surface area contributed by atoms with Crippen molar-refractivity contribution >= 4 is 0 Å². The summed E-state index contributed by atoms with van der Waals surface area (Å²) in [5, 5.41) is 10.1. The normalized spacial score (nSPS) is 18.8. The van der Waals surface area contributed by atoms with Gasteiger partial charge in [0.05, 0.1) is 18.3 Å². The van der Waals surface area contributed by atoms with E-state index in [0.717, 1.165) is 24.2 Å². The van der Waals surface area contributed by atoms with Gasteiger partial charge in [0.25, 0.3) is 0 Å². The Morgan fingerprint density at radius 1 is 1.41 bits per heavy atom. The van der Waals surface area contributed by atoms with Crippen molar-refractivity contribution in [2.45, 2.75) is 44.5 Å². The molecule has 2 rings (SSSR count). The lowest BCUT2D eigenvalue weighted by Gasteiger charge is -2.16. The van der Waals surface area contributed by atoms with Crippen molar-refractivity contribution in [3.63, 3.8) is 0 Å². The average molecular weight is 236 g/mol. The van der Waals surface area contributed by atoms with E-state index in [0.29, 0.717) is 12.5 Å². The first-order chi connectivity index (χ1) is 8.19. The minimum atomic E-state index is -0.493. The Morgan fingerprint density at radius 3 is 2.82 bits per heavy atom. The van der Waals surface area contributed by atoms with Gasteiger partial charge in [0.1, 0.15) is 5.75 Å². The second-order valence-electron chi connectivity index (χ2n) is 4.69. The van der Waals surface area contributed by atoms with Crippen LogP contribution in [0.1, 0.15) is 37.9 Å². The fraction of sp³-hybridized carbons (Fsp3) is 0.571. The third kappa shape index (κ3) is 3.72. The molecule has 94 valence electrons. The van der Waals surface area contributed by atoms with Gasteiger partial charge in [0.2, 0.25) is 0 Å². The quantitative estimate of drug-likeness (QED) is 0.825. The average Bonchev–Trinajstić information content (AvgIpc) is 3.13. The van der Waals surface area contributed by atoms with E-state index in [1.807, 2.05) is 31.2 Å². The molecule has 0 heterocycles. The Balaban J connectivity index is 1.98. The van der Waals surface area contributed by atoms with Crippen molar-refractivity contribution in [3.8, 4) is 5.75 Å². The summed E-state index contributed by atoms with van der Waals surface area (Å²) in [4.78, 5) is 0. The lowest BCUT2D eigenvalue weighted by molar-refractivity contribution is 0.0558. The number of ether oxygens (including phenoxy) is 2. The first kappa shape index (κ1) is 12.4. The summed E-state index contributed by atoms with van der Waals surface area (Å²) in [6, 6.07) is 7.71. The van der Waals surface area contributed by atoms with Crippen LogP contribution in [0.4, 0.5) is 0 Å². The van der Waals surface area contributed by atoms with E-state index in [1.165, 1.54) is 0 Å². The summed E-state index contributed by atoms with van der Waals surface area (Å²) < 4.78 is 10.9. The molecular formula is C14H20O3. The molecular weight excluding hydrogens is 216 g/mol. The zero-order chi connectivity index (χ0) is 12.3. The fourth-order valence-electron chi connectivity index (χ4n) is 1.72. The smallest absolute Gasteiger partial charge is 0.120 e. The second kappa shape index (κ2) is 5.52. The van der Waals surface area contributed by atoms with E-state index >= 15 is 0 Å². The van der Waals surface area contributed by atoms with Crippen LogP contribution in [0.25, 0.3) is 0 Å². The minimum absolute atomic E-state index is 0.0537. The highest BCUT2D eigenvalue weighted by Gasteiger charge is 2.23. The van der Waals surface area contributed by atoms with Crippen LogP contribution in [0, 0.1) is 0 Å². The summed E-state index contributed by atoms with van der Waals surface area (Å²) in [5.74, 6) is 0.856. The van der Waals surface area contributed by atoms with Crippen molar-refractivity contribution in [2.24, 2.45) is 0 Å². The molecule has 0 aliphatic heterocycles. The number of methoxy groups -OCH3 is 1. The lowest BCUT2D eigenvalue weighted by Crippen LogP contribution is -2.11. The van der Waals surface area contributed by atoms with Crippen LogP contribution in [0.5, 0.6) is 5.75 Å². The molecule has 1 N–H and O–H groups in total. The van der Waals surface area contributed by atoms with Crippen molar-refractivity contribution in [2.75, 3.05) is 7.11 Å². The molecule has 2 atom stereocenters. The van der Waals surface area contributed by atoms with E-state index in [9.17, 15) is 5.11 Å². The first-order valence-corrected chi connectivity index (χ1v) is 6.16. The molecule has 0 amide bonds. The lowest BCUT2D eigenvalue weighted by atomic mass is 10.0. The van der Waals surface area contributed by atoms with Crippen LogP contribution in [0.3, 0.4) is 0 Å². The third-order valence-electron chi connectivity index (χ3n) is 3.03. The van der Waals surface area contributed by atoms with Gasteiger partial charge in [-0.1, -0.05) is 12.1 Å². The van der Waals surface area contributed by atoms with Gasteiger partial charge >= 0.3 is 0 Å². The highest BCUT2D eigenvalue weighted by atomic mass is 16.5. The minimum Gasteiger partial charge on any atom is -0.490 e. The number of aliphatic hydroxyl groups is 1. The van der Waals surface area contributed by atoms with Gasteiger partial charge in [-0.05, 0) is 37.5 Å². The number of hydrogen-bond acceptors (Lipinski definition) is 3. The number of benzene rings is 1. The molecule has 0 radical (unpaired) electrons. The summed E-state index contributed by atoms with van der Waals surface area (Å²) >= 11 is 0. The van der Waals surface area contributed by atoms with E-state index in [2.05, 4.69) is 0 Å². The van der Waals surface area contributed by atoms with Gasteiger partial charge in [-0.15, -0.1) is 0 Å². The van der Waals surface area contributed by atoms with Crippen LogP contribution in [-0.4, -0.2) is 24.4 Å². The third-order valence-corrected chi connectivity index (χ3v) is 3.03. The Morgan fingerprint density at radius 2 is 2.18 bits per heavy atom. The fourth-order valence-corrected chi connectivity index (χ4v) is 1.72. The standard InChI is InChI=1S/C14H20O3/c1-10(16-2)8-14(15)11-4-3-5-13(9-11)17-12-6-7-12/h3-5,9-10,12,14-15H,6-8H2,1-2H3. The highest BCUT2D eigenvalue weighted by Crippen LogP contribution is 2.29. The van der Waals surface area contributed by atoms with Gasteiger partial charge in [0.15, 0.2) is 0 Å². The zero-order valence-electron chi connectivity index (χ0n) is 10.4. The number of rotatable bonds is 6. The van der Waals surface area contributed by atoms with Gasteiger partial charge in [0, 0.05) is 13.5 Å². The van der Waals surface area contributed by atoms with Gasteiger partial charge in [-0.2, -0.15) is 0 Å². The Labute approximate surface area is 102 Å². The van der Waals surface area contributed by atoms with E-state index in [-0.39, 0.29) is 6.10 Å². The van der Waals surface area contributed by atoms with Gasteiger partial charge in [-0.3, -0.25) is 0 Å². The van der Waals surface area contributed by atoms with Crippen LogP contribution in [-0.2, 0) is 4.74 Å². The Bertz CT molecular complexity index is 360.